The van der Waals surface area contributed by atoms with Crippen molar-refractivity contribution in [3.05, 3.63) is 0 Å². The SMILES string of the molecule is CC[C@H](NC(C)C)C(C)=O. The van der Waals surface area contributed by atoms with Gasteiger partial charge in [0.05, 0.1) is 6.04 Å². The standard InChI is InChI=1S/C8H17NO/c1-5-8(7(4)10)9-6(2)3/h6,8-9H,5H2,1-4H3/t8-/m0/s1. The van der Waals surface area contributed by atoms with Crippen LogP contribution in [0.4, 0.5) is 0 Å². The van der Waals surface area contributed by atoms with Gasteiger partial charge in [-0.1, -0.05) is 20.8 Å². The van der Waals surface area contributed by atoms with Gasteiger partial charge in [-0.15, -0.1) is 0 Å². The second kappa shape index (κ2) is 4.45. The van der Waals surface area contributed by atoms with E-state index in [9.17, 15) is 4.79 Å². The van der Waals surface area contributed by atoms with E-state index in [1.165, 1.54) is 0 Å². The van der Waals surface area contributed by atoms with E-state index in [-0.39, 0.29) is 11.8 Å². The third-order valence-electron chi connectivity index (χ3n) is 1.43. The number of ketones is 1. The van der Waals surface area contributed by atoms with Crippen molar-refractivity contribution in [1.82, 2.24) is 5.32 Å². The lowest BCUT2D eigenvalue weighted by Crippen LogP contribution is -2.39. The molecule has 0 fully saturated rings. The van der Waals surface area contributed by atoms with Gasteiger partial charge in [-0.2, -0.15) is 0 Å². The molecule has 1 N–H and O–H groups in total. The van der Waals surface area contributed by atoms with Crippen molar-refractivity contribution < 1.29 is 4.79 Å². The van der Waals surface area contributed by atoms with Crippen LogP contribution in [-0.4, -0.2) is 17.9 Å². The topological polar surface area (TPSA) is 29.1 Å². The second-order valence-corrected chi connectivity index (χ2v) is 2.89. The predicted molar refractivity (Wildman–Crippen MR) is 43.0 cm³/mol. The third-order valence-corrected chi connectivity index (χ3v) is 1.43. The average molecular weight is 143 g/mol. The van der Waals surface area contributed by atoms with Crippen molar-refractivity contribution in [2.45, 2.75) is 46.2 Å². The fourth-order valence-corrected chi connectivity index (χ4v) is 0.925. The van der Waals surface area contributed by atoms with Crippen LogP contribution in [0.3, 0.4) is 0 Å². The molecule has 0 amide bonds. The molecule has 60 valence electrons. The fourth-order valence-electron chi connectivity index (χ4n) is 0.925. The molecule has 0 heterocycles. The van der Waals surface area contributed by atoms with Gasteiger partial charge in [0, 0.05) is 6.04 Å². The molecule has 0 saturated heterocycles. The van der Waals surface area contributed by atoms with E-state index in [1.54, 1.807) is 6.92 Å². The zero-order valence-electron chi connectivity index (χ0n) is 7.27. The summed E-state index contributed by atoms with van der Waals surface area (Å²) in [6, 6.07) is 0.453. The molecule has 0 aromatic heterocycles. The third kappa shape index (κ3) is 3.62. The molecule has 2 nitrogen and oxygen atoms in total. The highest BCUT2D eigenvalue weighted by molar-refractivity contribution is 5.81. The molecule has 0 bridgehead atoms. The van der Waals surface area contributed by atoms with Gasteiger partial charge in [0.1, 0.15) is 5.78 Å². The van der Waals surface area contributed by atoms with Crippen LogP contribution in [0.15, 0.2) is 0 Å². The number of nitrogens with one attached hydrogen (secondary N) is 1. The van der Waals surface area contributed by atoms with Gasteiger partial charge in [-0.3, -0.25) is 4.79 Å². The Bertz CT molecular complexity index is 110. The van der Waals surface area contributed by atoms with Crippen LogP contribution in [0.25, 0.3) is 0 Å². The maximum absolute atomic E-state index is 10.8. The van der Waals surface area contributed by atoms with Crippen LogP contribution in [0.1, 0.15) is 34.1 Å². The van der Waals surface area contributed by atoms with Gasteiger partial charge < -0.3 is 5.32 Å². The molecule has 0 aliphatic rings. The molecule has 0 rings (SSSR count). The summed E-state index contributed by atoms with van der Waals surface area (Å²) >= 11 is 0. The van der Waals surface area contributed by atoms with Crippen LogP contribution in [0.2, 0.25) is 0 Å². The van der Waals surface area contributed by atoms with E-state index in [2.05, 4.69) is 5.32 Å². The average Bonchev–Trinajstić information content (AvgIpc) is 1.81. The first kappa shape index (κ1) is 9.63. The Kier molecular flexibility index (Phi) is 4.28. The Morgan fingerprint density at radius 3 is 2.10 bits per heavy atom. The summed E-state index contributed by atoms with van der Waals surface area (Å²) in [4.78, 5) is 10.8. The summed E-state index contributed by atoms with van der Waals surface area (Å²) in [5.74, 6) is 0.233. The second-order valence-electron chi connectivity index (χ2n) is 2.89. The first-order valence-corrected chi connectivity index (χ1v) is 3.84. The number of rotatable bonds is 4. The molecular weight excluding hydrogens is 126 g/mol. The minimum absolute atomic E-state index is 0.0556. The molecule has 0 radical (unpaired) electrons. The lowest BCUT2D eigenvalue weighted by Gasteiger charge is -2.16. The highest BCUT2D eigenvalue weighted by Gasteiger charge is 2.10. The molecule has 0 unspecified atom stereocenters. The molecule has 0 spiro atoms. The van der Waals surface area contributed by atoms with Gasteiger partial charge in [-0.25, -0.2) is 0 Å². The quantitative estimate of drug-likeness (QED) is 0.643. The van der Waals surface area contributed by atoms with E-state index in [0.29, 0.717) is 6.04 Å². The number of Topliss-reactive ketones (excluding diaryl/α,β-unsaturated/α-hetero) is 1. The predicted octanol–water partition coefficient (Wildman–Crippen LogP) is 1.35. The first-order valence-electron chi connectivity index (χ1n) is 3.84. The molecule has 2 heteroatoms. The van der Waals surface area contributed by atoms with Gasteiger partial charge in [0.2, 0.25) is 0 Å². The Hall–Kier alpha value is -0.370. The van der Waals surface area contributed by atoms with Crippen LogP contribution in [0.5, 0.6) is 0 Å². The van der Waals surface area contributed by atoms with E-state index in [0.717, 1.165) is 6.42 Å². The Labute approximate surface area is 63.0 Å². The molecule has 0 aromatic carbocycles. The summed E-state index contributed by atoms with van der Waals surface area (Å²) in [7, 11) is 0. The maximum Gasteiger partial charge on any atom is 0.146 e. The van der Waals surface area contributed by atoms with Gasteiger partial charge in [0.15, 0.2) is 0 Å². The lowest BCUT2D eigenvalue weighted by atomic mass is 10.1. The van der Waals surface area contributed by atoms with Gasteiger partial charge >= 0.3 is 0 Å². The smallest absolute Gasteiger partial charge is 0.146 e. The van der Waals surface area contributed by atoms with Crippen molar-refractivity contribution in [1.29, 1.82) is 0 Å². The monoisotopic (exact) mass is 143 g/mol. The van der Waals surface area contributed by atoms with Crippen LogP contribution in [-0.2, 0) is 4.79 Å². The number of hydrogen-bond acceptors (Lipinski definition) is 2. The number of hydrogen-bond donors (Lipinski definition) is 1. The first-order chi connectivity index (χ1) is 4.57. The summed E-state index contributed by atoms with van der Waals surface area (Å²) in [5.41, 5.74) is 0. The van der Waals surface area contributed by atoms with E-state index in [1.807, 2.05) is 20.8 Å². The van der Waals surface area contributed by atoms with E-state index in [4.69, 9.17) is 0 Å². The zero-order valence-corrected chi connectivity index (χ0v) is 7.27. The Balaban J connectivity index is 3.72. The highest BCUT2D eigenvalue weighted by atomic mass is 16.1. The van der Waals surface area contributed by atoms with Crippen LogP contribution < -0.4 is 5.32 Å². The van der Waals surface area contributed by atoms with Gasteiger partial charge in [-0.05, 0) is 13.3 Å². The molecule has 0 aliphatic heterocycles. The van der Waals surface area contributed by atoms with Crippen molar-refractivity contribution in [3.8, 4) is 0 Å². The summed E-state index contributed by atoms with van der Waals surface area (Å²) in [6.07, 6.45) is 0.882. The molecule has 0 aromatic rings. The summed E-state index contributed by atoms with van der Waals surface area (Å²) < 4.78 is 0. The van der Waals surface area contributed by atoms with Crippen LogP contribution in [0, 0.1) is 0 Å². The fraction of sp³-hybridized carbons (Fsp3) is 0.875. The minimum atomic E-state index is 0.0556. The van der Waals surface area contributed by atoms with E-state index >= 15 is 0 Å². The molecule has 10 heavy (non-hydrogen) atoms. The maximum atomic E-state index is 10.8. The number of carbonyl (C=O) groups excluding carboxylic acids is 1. The minimum Gasteiger partial charge on any atom is -0.305 e. The highest BCUT2D eigenvalue weighted by Crippen LogP contribution is 1.93. The van der Waals surface area contributed by atoms with Crippen molar-refractivity contribution in [2.24, 2.45) is 0 Å². The lowest BCUT2D eigenvalue weighted by molar-refractivity contribution is -0.119. The van der Waals surface area contributed by atoms with Gasteiger partial charge in [0.25, 0.3) is 0 Å². The summed E-state index contributed by atoms with van der Waals surface area (Å²) in [6.45, 7) is 7.74. The van der Waals surface area contributed by atoms with Crippen molar-refractivity contribution in [3.63, 3.8) is 0 Å². The normalized spacial score (nSPS) is 13.7. The van der Waals surface area contributed by atoms with Crippen molar-refractivity contribution in [2.75, 3.05) is 0 Å². The Morgan fingerprint density at radius 2 is 2.00 bits per heavy atom. The summed E-state index contributed by atoms with van der Waals surface area (Å²) in [5, 5.41) is 3.18. The molecule has 1 atom stereocenters. The molecule has 0 saturated carbocycles. The zero-order chi connectivity index (χ0) is 8.15. The largest absolute Gasteiger partial charge is 0.305 e. The Morgan fingerprint density at radius 1 is 1.50 bits per heavy atom. The molecular formula is C8H17NO. The molecule has 0 aliphatic carbocycles. The van der Waals surface area contributed by atoms with Crippen LogP contribution >= 0.6 is 0 Å². The van der Waals surface area contributed by atoms with E-state index < -0.39 is 0 Å². The number of carbonyl (C=O) groups is 1. The van der Waals surface area contributed by atoms with Crippen molar-refractivity contribution >= 4 is 5.78 Å².